The maximum Gasteiger partial charge on any atom is 0.332 e. The van der Waals surface area contributed by atoms with Crippen molar-refractivity contribution in [2.24, 2.45) is 12.9 Å². The monoisotopic (exact) mass is 376 g/mol. The van der Waals surface area contributed by atoms with Gasteiger partial charge in [0.05, 0.1) is 13.1 Å². The summed E-state index contributed by atoms with van der Waals surface area (Å²) in [4.78, 5) is 30.4. The number of nitrogen functional groups attached to an aromatic ring is 1. The molecule has 2 aromatic heterocycles. The molecule has 0 aliphatic heterocycles. The van der Waals surface area contributed by atoms with Gasteiger partial charge in [0, 0.05) is 7.05 Å². The Labute approximate surface area is 160 Å². The van der Waals surface area contributed by atoms with Gasteiger partial charge in [-0.1, -0.05) is 60.7 Å². The van der Waals surface area contributed by atoms with Crippen LogP contribution >= 0.6 is 0 Å². The van der Waals surface area contributed by atoms with Crippen LogP contribution in [0.1, 0.15) is 11.1 Å². The van der Waals surface area contributed by atoms with Crippen molar-refractivity contribution in [3.63, 3.8) is 0 Å². The molecule has 4 rings (SSSR count). The minimum absolute atomic E-state index is 0.185. The van der Waals surface area contributed by atoms with Crippen molar-refractivity contribution in [3.05, 3.63) is 92.6 Å². The van der Waals surface area contributed by atoms with Crippen LogP contribution in [0.4, 0.5) is 5.95 Å². The quantitative estimate of drug-likeness (QED) is 0.404. The highest BCUT2D eigenvalue weighted by atomic mass is 16.2. The molecule has 0 atom stereocenters. The highest BCUT2D eigenvalue weighted by Crippen LogP contribution is 2.17. The van der Waals surface area contributed by atoms with Crippen LogP contribution in [-0.4, -0.2) is 18.7 Å². The Hall–Kier alpha value is -3.65. The molecule has 0 unspecified atom stereocenters. The Balaban J connectivity index is 1.94. The van der Waals surface area contributed by atoms with E-state index >= 15 is 0 Å². The van der Waals surface area contributed by atoms with E-state index in [-0.39, 0.29) is 6.54 Å². The summed E-state index contributed by atoms with van der Waals surface area (Å²) in [6, 6.07) is 19.1. The second kappa shape index (κ2) is 7.16. The third kappa shape index (κ3) is 2.99. The van der Waals surface area contributed by atoms with Crippen LogP contribution < -0.4 is 22.5 Å². The summed E-state index contributed by atoms with van der Waals surface area (Å²) >= 11 is 0. The smallest absolute Gasteiger partial charge is 0.299 e. The summed E-state index contributed by atoms with van der Waals surface area (Å²) in [6.07, 6.45) is 0. The molecule has 0 amide bonds. The number of hydrazine groups is 1. The van der Waals surface area contributed by atoms with Crippen LogP contribution in [0.3, 0.4) is 0 Å². The first-order valence-electron chi connectivity index (χ1n) is 8.84. The van der Waals surface area contributed by atoms with Gasteiger partial charge in [0.15, 0.2) is 11.2 Å². The molecule has 8 heteroatoms. The molecule has 0 radical (unpaired) electrons. The lowest BCUT2D eigenvalue weighted by molar-refractivity contribution is 0.653. The van der Waals surface area contributed by atoms with Crippen LogP contribution in [0.25, 0.3) is 11.2 Å². The van der Waals surface area contributed by atoms with E-state index in [1.165, 1.54) is 9.13 Å². The number of nitrogens with zero attached hydrogens (tertiary/aromatic N) is 4. The van der Waals surface area contributed by atoms with Crippen molar-refractivity contribution in [1.29, 1.82) is 0 Å². The standard InChI is InChI=1S/C20H20N6O2/c1-24-17-16(18(27)26(20(24)28)13-15-10-6-3-7-11-15)25(19(22-17)23-21)12-14-8-4-2-5-9-14/h2-11H,12-13,21H2,1H3,(H,22,23). The van der Waals surface area contributed by atoms with Gasteiger partial charge in [-0.25, -0.2) is 10.6 Å². The molecule has 4 aromatic rings. The zero-order valence-corrected chi connectivity index (χ0v) is 15.4. The Morgan fingerprint density at radius 1 is 0.893 bits per heavy atom. The van der Waals surface area contributed by atoms with Crippen molar-refractivity contribution in [2.45, 2.75) is 13.1 Å². The molecular formula is C20H20N6O2. The van der Waals surface area contributed by atoms with E-state index in [0.717, 1.165) is 11.1 Å². The number of fused-ring (bicyclic) bond motifs is 1. The predicted molar refractivity (Wildman–Crippen MR) is 108 cm³/mol. The topological polar surface area (TPSA) is 99.9 Å². The second-order valence-corrected chi connectivity index (χ2v) is 6.54. The summed E-state index contributed by atoms with van der Waals surface area (Å²) in [5.74, 6) is 5.96. The van der Waals surface area contributed by atoms with Gasteiger partial charge in [0.2, 0.25) is 5.95 Å². The van der Waals surface area contributed by atoms with E-state index in [1.54, 1.807) is 11.6 Å². The van der Waals surface area contributed by atoms with E-state index in [1.807, 2.05) is 60.7 Å². The summed E-state index contributed by atoms with van der Waals surface area (Å²) in [7, 11) is 1.60. The molecule has 0 bridgehead atoms. The van der Waals surface area contributed by atoms with Crippen molar-refractivity contribution < 1.29 is 0 Å². The first kappa shape index (κ1) is 17.7. The number of rotatable bonds is 5. The SMILES string of the molecule is Cn1c(=O)n(Cc2ccccc2)c(=O)c2c1nc(NN)n2Cc1ccccc1. The third-order valence-corrected chi connectivity index (χ3v) is 4.73. The molecule has 0 aliphatic rings. The number of nitrogens with two attached hydrogens (primary N) is 1. The molecular weight excluding hydrogens is 356 g/mol. The molecule has 28 heavy (non-hydrogen) atoms. The number of anilines is 1. The van der Waals surface area contributed by atoms with Gasteiger partial charge in [-0.3, -0.25) is 23.9 Å². The van der Waals surface area contributed by atoms with Crippen molar-refractivity contribution in [1.82, 2.24) is 18.7 Å². The number of nitrogens with one attached hydrogen (secondary N) is 1. The first-order valence-corrected chi connectivity index (χ1v) is 8.84. The Bertz CT molecular complexity index is 1240. The Kier molecular flexibility index (Phi) is 4.54. The summed E-state index contributed by atoms with van der Waals surface area (Å²) < 4.78 is 4.30. The molecule has 0 fully saturated rings. The van der Waals surface area contributed by atoms with E-state index in [4.69, 9.17) is 5.84 Å². The molecule has 0 aliphatic carbocycles. The highest BCUT2D eigenvalue weighted by Gasteiger charge is 2.20. The molecule has 0 spiro atoms. The predicted octanol–water partition coefficient (Wildman–Crippen LogP) is 1.28. The zero-order valence-electron chi connectivity index (χ0n) is 15.4. The average Bonchev–Trinajstić information content (AvgIpc) is 3.09. The lowest BCUT2D eigenvalue weighted by atomic mass is 10.2. The van der Waals surface area contributed by atoms with E-state index in [2.05, 4.69) is 10.4 Å². The summed E-state index contributed by atoms with van der Waals surface area (Å²) in [5, 5.41) is 0. The maximum atomic E-state index is 13.3. The zero-order chi connectivity index (χ0) is 19.7. The highest BCUT2D eigenvalue weighted by molar-refractivity contribution is 5.74. The van der Waals surface area contributed by atoms with E-state index in [9.17, 15) is 9.59 Å². The normalized spacial score (nSPS) is 11.1. The molecule has 0 saturated carbocycles. The summed E-state index contributed by atoms with van der Waals surface area (Å²) in [6.45, 7) is 0.583. The fourth-order valence-corrected chi connectivity index (χ4v) is 3.31. The lowest BCUT2D eigenvalue weighted by Gasteiger charge is -2.11. The van der Waals surface area contributed by atoms with E-state index in [0.29, 0.717) is 23.7 Å². The molecule has 3 N–H and O–H groups in total. The fourth-order valence-electron chi connectivity index (χ4n) is 3.31. The van der Waals surface area contributed by atoms with E-state index < -0.39 is 11.2 Å². The number of benzene rings is 2. The molecule has 0 saturated heterocycles. The van der Waals surface area contributed by atoms with Crippen molar-refractivity contribution >= 4 is 17.1 Å². The minimum atomic E-state index is -0.422. The van der Waals surface area contributed by atoms with Crippen LogP contribution in [0.5, 0.6) is 0 Å². The van der Waals surface area contributed by atoms with Gasteiger partial charge >= 0.3 is 5.69 Å². The maximum absolute atomic E-state index is 13.3. The lowest BCUT2D eigenvalue weighted by Crippen LogP contribution is -2.40. The summed E-state index contributed by atoms with van der Waals surface area (Å²) in [5.41, 5.74) is 4.20. The molecule has 8 nitrogen and oxygen atoms in total. The van der Waals surface area contributed by atoms with Crippen molar-refractivity contribution in [3.8, 4) is 0 Å². The van der Waals surface area contributed by atoms with Gasteiger partial charge in [-0.05, 0) is 11.1 Å². The Morgan fingerprint density at radius 3 is 1.96 bits per heavy atom. The number of hydrogen-bond donors (Lipinski definition) is 2. The second-order valence-electron chi connectivity index (χ2n) is 6.54. The molecule has 2 aromatic carbocycles. The van der Waals surface area contributed by atoms with Crippen LogP contribution in [0.2, 0.25) is 0 Å². The van der Waals surface area contributed by atoms with Gasteiger partial charge in [-0.2, -0.15) is 4.98 Å². The fraction of sp³-hybridized carbons (Fsp3) is 0.150. The van der Waals surface area contributed by atoms with Gasteiger partial charge in [0.1, 0.15) is 0 Å². The van der Waals surface area contributed by atoms with Crippen LogP contribution in [-0.2, 0) is 20.1 Å². The largest absolute Gasteiger partial charge is 0.332 e. The molecule has 2 heterocycles. The number of aromatic nitrogens is 4. The van der Waals surface area contributed by atoms with Gasteiger partial charge < -0.3 is 0 Å². The van der Waals surface area contributed by atoms with Crippen molar-refractivity contribution in [2.75, 3.05) is 5.43 Å². The Morgan fingerprint density at radius 2 is 1.43 bits per heavy atom. The number of imidazole rings is 1. The minimum Gasteiger partial charge on any atom is -0.299 e. The average molecular weight is 376 g/mol. The van der Waals surface area contributed by atoms with Gasteiger partial charge in [-0.15, -0.1) is 0 Å². The third-order valence-electron chi connectivity index (χ3n) is 4.73. The van der Waals surface area contributed by atoms with Crippen LogP contribution in [0, 0.1) is 0 Å². The number of hydrogen-bond acceptors (Lipinski definition) is 5. The number of aryl methyl sites for hydroxylation is 1. The molecule has 142 valence electrons. The van der Waals surface area contributed by atoms with Crippen LogP contribution in [0.15, 0.2) is 70.3 Å². The van der Waals surface area contributed by atoms with Gasteiger partial charge in [0.25, 0.3) is 5.56 Å². The first-order chi connectivity index (χ1) is 13.6.